The quantitative estimate of drug-likeness (QED) is 0.409. The smallest absolute Gasteiger partial charge is 0.256 e. The third-order valence-corrected chi connectivity index (χ3v) is 6.94. The number of nitrogens with zero attached hydrogens (tertiary/aromatic N) is 1. The Balaban J connectivity index is 1.48. The van der Waals surface area contributed by atoms with Gasteiger partial charge < -0.3 is 10.1 Å². The van der Waals surface area contributed by atoms with Gasteiger partial charge >= 0.3 is 0 Å². The maximum atomic E-state index is 13.9. The number of carbonyl (C=O) groups is 1. The average Bonchev–Trinajstić information content (AvgIpc) is 3.28. The van der Waals surface area contributed by atoms with Crippen LogP contribution < -0.4 is 15.4 Å². The lowest BCUT2D eigenvalue weighted by molar-refractivity contribution is -0.532. The van der Waals surface area contributed by atoms with Gasteiger partial charge in [0, 0.05) is 27.8 Å². The summed E-state index contributed by atoms with van der Waals surface area (Å²) in [5.41, 5.74) is 0.634. The predicted octanol–water partition coefficient (Wildman–Crippen LogP) is 4.63. The number of hydrogen-bond donors (Lipinski definition) is 2. The summed E-state index contributed by atoms with van der Waals surface area (Å²) >= 11 is 6.46. The molecule has 1 fully saturated rings. The highest BCUT2D eigenvalue weighted by Gasteiger charge is 2.67. The highest BCUT2D eigenvalue weighted by Crippen LogP contribution is 2.50. The van der Waals surface area contributed by atoms with Gasteiger partial charge in [-0.3, -0.25) is 20.2 Å². The molecule has 3 aromatic rings. The fourth-order valence-corrected chi connectivity index (χ4v) is 5.41. The van der Waals surface area contributed by atoms with Crippen LogP contribution in [-0.4, -0.2) is 22.9 Å². The van der Waals surface area contributed by atoms with Crippen molar-refractivity contribution in [3.63, 3.8) is 0 Å². The number of hydrogen-bond acceptors (Lipinski definition) is 5. The number of fused-ring (bicyclic) bond motifs is 2. The fourth-order valence-electron chi connectivity index (χ4n) is 5.17. The Bertz CT molecular complexity index is 1300. The van der Waals surface area contributed by atoms with Gasteiger partial charge in [-0.1, -0.05) is 54.1 Å². The number of halogens is 2. The molecule has 2 N–H and O–H groups in total. The predicted molar refractivity (Wildman–Crippen MR) is 125 cm³/mol. The Kier molecular flexibility index (Phi) is 5.50. The largest absolute Gasteiger partial charge is 0.487 e. The molecule has 1 amide bonds. The van der Waals surface area contributed by atoms with Gasteiger partial charge in [0.25, 0.3) is 11.9 Å². The van der Waals surface area contributed by atoms with Gasteiger partial charge in [-0.2, -0.15) is 0 Å². The standard InChI is InChI=1S/C25H21ClFN3O4/c1-14-22(15-10-11-21(18(26)12-15)34-13-16-6-2-4-8-19(16)27)23(30(32)33)25(29-14)17-7-3-5-9-20(17)28-24(25)31/h2-12,14,22-23,29H,13H2,1H3,(H,28,31)/t14-,22-,23-,25-/m0/s1. The second-order valence-corrected chi connectivity index (χ2v) is 8.97. The van der Waals surface area contributed by atoms with E-state index < -0.39 is 29.4 Å². The van der Waals surface area contributed by atoms with E-state index in [0.717, 1.165) is 0 Å². The van der Waals surface area contributed by atoms with E-state index in [1.807, 2.05) is 6.92 Å². The highest BCUT2D eigenvalue weighted by atomic mass is 35.5. The van der Waals surface area contributed by atoms with E-state index >= 15 is 0 Å². The minimum absolute atomic E-state index is 0.00921. The van der Waals surface area contributed by atoms with Crippen LogP contribution in [0.4, 0.5) is 10.1 Å². The van der Waals surface area contributed by atoms with Gasteiger partial charge in [0.05, 0.1) is 10.9 Å². The third kappa shape index (κ3) is 3.41. The molecule has 34 heavy (non-hydrogen) atoms. The van der Waals surface area contributed by atoms with Gasteiger partial charge in [-0.15, -0.1) is 0 Å². The molecule has 0 saturated carbocycles. The molecule has 2 aliphatic heterocycles. The number of rotatable bonds is 5. The molecule has 0 aliphatic carbocycles. The fraction of sp³-hybridized carbons (Fsp3) is 0.240. The van der Waals surface area contributed by atoms with Crippen molar-refractivity contribution in [3.05, 3.63) is 104 Å². The van der Waals surface area contributed by atoms with E-state index in [-0.39, 0.29) is 22.4 Å². The number of nitro groups is 1. The molecule has 2 heterocycles. The highest BCUT2D eigenvalue weighted by molar-refractivity contribution is 6.32. The molecular formula is C25H21ClFN3O4. The number of nitrogens with one attached hydrogen (secondary N) is 2. The summed E-state index contributed by atoms with van der Waals surface area (Å²) in [6.07, 6.45) is 0. The summed E-state index contributed by atoms with van der Waals surface area (Å²) in [7, 11) is 0. The molecule has 4 atom stereocenters. The first-order valence-corrected chi connectivity index (χ1v) is 11.2. The number of carbonyl (C=O) groups excluding carboxylic acids is 1. The summed E-state index contributed by atoms with van der Waals surface area (Å²) in [6, 6.07) is 16.6. The summed E-state index contributed by atoms with van der Waals surface area (Å²) in [6.45, 7) is 1.81. The van der Waals surface area contributed by atoms with Crippen LogP contribution in [0, 0.1) is 15.9 Å². The van der Waals surface area contributed by atoms with E-state index in [1.165, 1.54) is 6.07 Å². The zero-order valence-corrected chi connectivity index (χ0v) is 18.9. The lowest BCUT2D eigenvalue weighted by atomic mass is 9.78. The van der Waals surface area contributed by atoms with E-state index in [9.17, 15) is 19.3 Å². The minimum atomic E-state index is -1.49. The van der Waals surface area contributed by atoms with Gasteiger partial charge in [-0.05, 0) is 36.8 Å². The van der Waals surface area contributed by atoms with Crippen molar-refractivity contribution in [2.45, 2.75) is 37.1 Å². The Labute approximate surface area is 200 Å². The monoisotopic (exact) mass is 481 g/mol. The lowest BCUT2D eigenvalue weighted by Crippen LogP contribution is -2.54. The van der Waals surface area contributed by atoms with Crippen LogP contribution in [0.25, 0.3) is 0 Å². The Morgan fingerprint density at radius 1 is 1.15 bits per heavy atom. The number of benzene rings is 3. The minimum Gasteiger partial charge on any atom is -0.487 e. The van der Waals surface area contributed by atoms with Crippen molar-refractivity contribution in [3.8, 4) is 5.75 Å². The number of amides is 1. The zero-order chi connectivity index (χ0) is 24.0. The van der Waals surface area contributed by atoms with Crippen LogP contribution in [0.1, 0.15) is 29.5 Å². The zero-order valence-electron chi connectivity index (χ0n) is 18.1. The normalized spacial score (nSPS) is 25.3. The number of para-hydroxylation sites is 1. The molecule has 7 nitrogen and oxygen atoms in total. The van der Waals surface area contributed by atoms with E-state index in [0.29, 0.717) is 28.1 Å². The van der Waals surface area contributed by atoms with E-state index in [1.54, 1.807) is 60.7 Å². The molecule has 0 unspecified atom stereocenters. The van der Waals surface area contributed by atoms with Crippen LogP contribution >= 0.6 is 11.6 Å². The molecule has 1 saturated heterocycles. The molecule has 0 bridgehead atoms. The van der Waals surface area contributed by atoms with E-state index in [2.05, 4.69) is 10.6 Å². The first-order chi connectivity index (χ1) is 16.3. The first-order valence-electron chi connectivity index (χ1n) is 10.8. The molecule has 174 valence electrons. The molecule has 5 rings (SSSR count). The topological polar surface area (TPSA) is 93.5 Å². The summed E-state index contributed by atoms with van der Waals surface area (Å²) in [4.78, 5) is 25.1. The van der Waals surface area contributed by atoms with Gasteiger partial charge in [0.15, 0.2) is 5.54 Å². The van der Waals surface area contributed by atoms with Crippen LogP contribution in [0.5, 0.6) is 5.75 Å². The van der Waals surface area contributed by atoms with E-state index in [4.69, 9.17) is 16.3 Å². The molecule has 0 aromatic heterocycles. The molecule has 2 aliphatic rings. The summed E-state index contributed by atoms with van der Waals surface area (Å²) in [5.74, 6) is -1.12. The van der Waals surface area contributed by atoms with Crippen molar-refractivity contribution < 1.29 is 18.8 Å². The van der Waals surface area contributed by atoms with Crippen LogP contribution in [-0.2, 0) is 16.9 Å². The Morgan fingerprint density at radius 2 is 1.88 bits per heavy atom. The third-order valence-electron chi connectivity index (χ3n) is 6.65. The molecular weight excluding hydrogens is 461 g/mol. The second kappa shape index (κ2) is 8.38. The average molecular weight is 482 g/mol. The van der Waals surface area contributed by atoms with Crippen molar-refractivity contribution in [1.29, 1.82) is 0 Å². The first kappa shape index (κ1) is 22.3. The number of anilines is 1. The van der Waals surface area contributed by atoms with Gasteiger partial charge in [-0.25, -0.2) is 4.39 Å². The van der Waals surface area contributed by atoms with Crippen LogP contribution in [0.2, 0.25) is 5.02 Å². The molecule has 3 aromatic carbocycles. The maximum Gasteiger partial charge on any atom is 0.256 e. The van der Waals surface area contributed by atoms with Gasteiger partial charge in [0.2, 0.25) is 0 Å². The molecule has 1 spiro atoms. The Hall–Kier alpha value is -3.49. The van der Waals surface area contributed by atoms with Crippen molar-refractivity contribution in [2.24, 2.45) is 0 Å². The van der Waals surface area contributed by atoms with Crippen molar-refractivity contribution in [1.82, 2.24) is 5.32 Å². The van der Waals surface area contributed by atoms with Gasteiger partial charge in [0.1, 0.15) is 18.2 Å². The summed E-state index contributed by atoms with van der Waals surface area (Å²) in [5, 5.41) is 18.6. The Morgan fingerprint density at radius 3 is 2.62 bits per heavy atom. The SMILES string of the molecule is C[C@@H]1N[C@]2(C(=O)Nc3ccccc32)[C@@H]([N+](=O)[O-])[C@@H]1c1ccc(OCc2ccccc2F)c(Cl)c1. The molecule has 0 radical (unpaired) electrons. The lowest BCUT2D eigenvalue weighted by Gasteiger charge is -2.25. The maximum absolute atomic E-state index is 13.9. The van der Waals surface area contributed by atoms with Crippen LogP contribution in [0.15, 0.2) is 66.7 Å². The van der Waals surface area contributed by atoms with Crippen molar-refractivity contribution in [2.75, 3.05) is 5.32 Å². The summed E-state index contributed by atoms with van der Waals surface area (Å²) < 4.78 is 19.6. The molecule has 9 heteroatoms. The second-order valence-electron chi connectivity index (χ2n) is 8.57. The number of ether oxygens (including phenoxy) is 1. The van der Waals surface area contributed by atoms with Crippen molar-refractivity contribution >= 4 is 23.2 Å². The van der Waals surface area contributed by atoms with Crippen LogP contribution in [0.3, 0.4) is 0 Å².